The normalized spacial score (nSPS) is 14.1. The highest BCUT2D eigenvalue weighted by molar-refractivity contribution is 6.68. The van der Waals surface area contributed by atoms with Crippen molar-refractivity contribution in [3.05, 3.63) is 0 Å². The molecule has 7 heteroatoms. The lowest BCUT2D eigenvalue weighted by molar-refractivity contribution is -0.122. The molecular formula is C5H7Cl4NO2. The Balaban J connectivity index is 4.09. The van der Waals surface area contributed by atoms with Crippen LogP contribution in [-0.2, 0) is 9.53 Å². The van der Waals surface area contributed by atoms with Gasteiger partial charge < -0.3 is 10.1 Å². The van der Waals surface area contributed by atoms with Gasteiger partial charge in [-0.05, 0) is 0 Å². The first-order valence-electron chi connectivity index (χ1n) is 2.86. The number of carbonyl (C=O) groups excluding carboxylic acids is 1. The van der Waals surface area contributed by atoms with Crippen LogP contribution in [-0.4, -0.2) is 28.9 Å². The number of nitrogens with one attached hydrogen (secondary N) is 1. The minimum absolute atomic E-state index is 0.208. The van der Waals surface area contributed by atoms with Gasteiger partial charge in [-0.2, -0.15) is 0 Å². The van der Waals surface area contributed by atoms with Gasteiger partial charge in [-0.25, -0.2) is 0 Å². The molecule has 0 aliphatic carbocycles. The average molecular weight is 255 g/mol. The van der Waals surface area contributed by atoms with Crippen molar-refractivity contribution in [2.75, 3.05) is 13.0 Å². The number of amides is 1. The lowest BCUT2D eigenvalue weighted by atomic mass is 10.5. The van der Waals surface area contributed by atoms with Gasteiger partial charge in [-0.1, -0.05) is 34.8 Å². The zero-order valence-corrected chi connectivity index (χ0v) is 9.14. The van der Waals surface area contributed by atoms with E-state index in [-0.39, 0.29) is 5.88 Å². The molecular weight excluding hydrogens is 248 g/mol. The Labute approximate surface area is 90.2 Å². The van der Waals surface area contributed by atoms with E-state index >= 15 is 0 Å². The molecule has 1 amide bonds. The molecule has 0 aliphatic rings. The molecule has 0 heterocycles. The number of alkyl halides is 4. The van der Waals surface area contributed by atoms with Crippen LogP contribution in [0.15, 0.2) is 0 Å². The van der Waals surface area contributed by atoms with Crippen molar-refractivity contribution in [1.82, 2.24) is 5.32 Å². The van der Waals surface area contributed by atoms with Gasteiger partial charge in [-0.15, -0.1) is 11.6 Å². The van der Waals surface area contributed by atoms with Gasteiger partial charge in [0.15, 0.2) is 6.23 Å². The molecule has 0 saturated carbocycles. The molecule has 0 aromatic carbocycles. The first-order chi connectivity index (χ1) is 5.41. The van der Waals surface area contributed by atoms with Crippen LogP contribution in [0.1, 0.15) is 0 Å². The van der Waals surface area contributed by atoms with E-state index in [9.17, 15) is 4.79 Å². The van der Waals surface area contributed by atoms with Crippen molar-refractivity contribution < 1.29 is 9.53 Å². The van der Waals surface area contributed by atoms with Gasteiger partial charge in [0.2, 0.25) is 9.70 Å². The largest absolute Gasteiger partial charge is 0.357 e. The van der Waals surface area contributed by atoms with E-state index in [2.05, 4.69) is 5.32 Å². The number of methoxy groups -OCH3 is 1. The van der Waals surface area contributed by atoms with Crippen molar-refractivity contribution in [1.29, 1.82) is 0 Å². The van der Waals surface area contributed by atoms with Crippen LogP contribution < -0.4 is 5.32 Å². The third-order valence-corrected chi connectivity index (χ3v) is 1.78. The van der Waals surface area contributed by atoms with Crippen LogP contribution in [0.25, 0.3) is 0 Å². The van der Waals surface area contributed by atoms with Gasteiger partial charge >= 0.3 is 0 Å². The fourth-order valence-electron chi connectivity index (χ4n) is 0.459. The minimum atomic E-state index is -1.70. The third kappa shape index (κ3) is 4.58. The second-order valence-corrected chi connectivity index (χ2v) is 4.49. The molecule has 0 spiro atoms. The van der Waals surface area contributed by atoms with Crippen LogP contribution in [0.3, 0.4) is 0 Å². The summed E-state index contributed by atoms with van der Waals surface area (Å²) < 4.78 is 3.00. The Kier molecular flexibility index (Phi) is 5.61. The Morgan fingerprint density at radius 3 is 2.33 bits per heavy atom. The number of ether oxygens (including phenoxy) is 1. The molecule has 72 valence electrons. The van der Waals surface area contributed by atoms with Crippen LogP contribution in [0, 0.1) is 0 Å². The number of hydrogen-bond acceptors (Lipinski definition) is 2. The molecule has 1 atom stereocenters. The maximum Gasteiger partial charge on any atom is 0.237 e. The lowest BCUT2D eigenvalue weighted by Crippen LogP contribution is -2.45. The monoisotopic (exact) mass is 253 g/mol. The Morgan fingerprint density at radius 1 is 1.58 bits per heavy atom. The third-order valence-electron chi connectivity index (χ3n) is 0.946. The summed E-state index contributed by atoms with van der Waals surface area (Å²) in [6.07, 6.45) is -0.992. The Bertz CT molecular complexity index is 158. The summed E-state index contributed by atoms with van der Waals surface area (Å²) in [5.41, 5.74) is 0. The highest BCUT2D eigenvalue weighted by Gasteiger charge is 2.33. The quantitative estimate of drug-likeness (QED) is 0.615. The second-order valence-electron chi connectivity index (χ2n) is 1.86. The van der Waals surface area contributed by atoms with E-state index in [0.717, 1.165) is 0 Å². The summed E-state index contributed by atoms with van der Waals surface area (Å²) in [4.78, 5) is 10.7. The first kappa shape index (κ1) is 12.6. The van der Waals surface area contributed by atoms with Crippen LogP contribution >= 0.6 is 46.4 Å². The van der Waals surface area contributed by atoms with Crippen molar-refractivity contribution in [2.24, 2.45) is 0 Å². The minimum Gasteiger partial charge on any atom is -0.357 e. The summed E-state index contributed by atoms with van der Waals surface area (Å²) in [5.74, 6) is -0.671. The first-order valence-corrected chi connectivity index (χ1v) is 4.53. The van der Waals surface area contributed by atoms with E-state index in [0.29, 0.717) is 0 Å². The molecule has 3 nitrogen and oxygen atoms in total. The second kappa shape index (κ2) is 5.35. The number of rotatable bonds is 3. The number of carbonyl (C=O) groups is 1. The zero-order chi connectivity index (χ0) is 9.78. The molecule has 0 bridgehead atoms. The Hall–Kier alpha value is 0.590. The molecule has 0 radical (unpaired) electrons. The van der Waals surface area contributed by atoms with Crippen LogP contribution in [0.2, 0.25) is 0 Å². The summed E-state index contributed by atoms with van der Waals surface area (Å²) in [7, 11) is 1.31. The van der Waals surface area contributed by atoms with Gasteiger partial charge in [0.1, 0.15) is 5.88 Å². The number of halogens is 4. The van der Waals surface area contributed by atoms with Gasteiger partial charge in [-0.3, -0.25) is 4.79 Å². The average Bonchev–Trinajstić information content (AvgIpc) is 1.97. The molecule has 0 aliphatic heterocycles. The van der Waals surface area contributed by atoms with E-state index in [1.807, 2.05) is 0 Å². The molecule has 0 fully saturated rings. The van der Waals surface area contributed by atoms with E-state index < -0.39 is 15.9 Å². The van der Waals surface area contributed by atoms with Crippen molar-refractivity contribution >= 4 is 52.3 Å². The Morgan fingerprint density at radius 2 is 2.08 bits per heavy atom. The topological polar surface area (TPSA) is 38.3 Å². The van der Waals surface area contributed by atoms with Gasteiger partial charge in [0, 0.05) is 7.11 Å². The van der Waals surface area contributed by atoms with Crippen molar-refractivity contribution in [2.45, 2.75) is 10.0 Å². The van der Waals surface area contributed by atoms with E-state index in [1.165, 1.54) is 7.11 Å². The van der Waals surface area contributed by atoms with Crippen LogP contribution in [0.4, 0.5) is 0 Å². The van der Waals surface area contributed by atoms with Gasteiger partial charge in [0.25, 0.3) is 0 Å². The SMILES string of the molecule is COC(NC(=O)CCl)C(Cl)(Cl)Cl. The molecule has 0 aromatic heterocycles. The highest BCUT2D eigenvalue weighted by atomic mass is 35.6. The maximum atomic E-state index is 10.7. The summed E-state index contributed by atoms with van der Waals surface area (Å²) in [6.45, 7) is 0. The van der Waals surface area contributed by atoms with Crippen molar-refractivity contribution in [3.8, 4) is 0 Å². The fourth-order valence-corrected chi connectivity index (χ4v) is 0.967. The summed E-state index contributed by atoms with van der Waals surface area (Å²) in [5, 5.41) is 2.27. The molecule has 0 saturated heterocycles. The molecule has 1 unspecified atom stereocenters. The fraction of sp³-hybridized carbons (Fsp3) is 0.800. The van der Waals surface area contributed by atoms with E-state index in [1.54, 1.807) is 0 Å². The zero-order valence-electron chi connectivity index (χ0n) is 6.11. The lowest BCUT2D eigenvalue weighted by Gasteiger charge is -2.23. The summed E-state index contributed by atoms with van der Waals surface area (Å²) in [6, 6.07) is 0. The predicted molar refractivity (Wildman–Crippen MR) is 49.9 cm³/mol. The molecule has 1 N–H and O–H groups in total. The highest BCUT2D eigenvalue weighted by Crippen LogP contribution is 2.30. The van der Waals surface area contributed by atoms with Gasteiger partial charge in [0.05, 0.1) is 0 Å². The van der Waals surface area contributed by atoms with E-state index in [4.69, 9.17) is 51.1 Å². The van der Waals surface area contributed by atoms with Crippen LogP contribution in [0.5, 0.6) is 0 Å². The molecule has 0 aromatic rings. The summed E-state index contributed by atoms with van der Waals surface area (Å²) >= 11 is 21.6. The smallest absolute Gasteiger partial charge is 0.237 e. The molecule has 12 heavy (non-hydrogen) atoms. The standard InChI is InChI=1S/C5H7Cl4NO2/c1-12-4(5(7,8)9)10-3(11)2-6/h4H,2H2,1H3,(H,10,11). The molecule has 0 rings (SSSR count). The van der Waals surface area contributed by atoms with Crippen molar-refractivity contribution in [3.63, 3.8) is 0 Å². The predicted octanol–water partition coefficient (Wildman–Crippen LogP) is 1.68. The number of hydrogen-bond donors (Lipinski definition) is 1. The maximum absolute atomic E-state index is 10.7.